The van der Waals surface area contributed by atoms with Crippen LogP contribution in [0.2, 0.25) is 0 Å². The number of phenolic OH excluding ortho intramolecular Hbond substituents is 1. The first kappa shape index (κ1) is 14.2. The van der Waals surface area contributed by atoms with Crippen LogP contribution < -0.4 is 10.1 Å². The molecule has 0 aromatic heterocycles. The van der Waals surface area contributed by atoms with Crippen LogP contribution in [0.5, 0.6) is 11.5 Å². The van der Waals surface area contributed by atoms with Crippen LogP contribution in [0.3, 0.4) is 0 Å². The second-order valence-corrected chi connectivity index (χ2v) is 4.78. The number of aryl methyl sites for hydroxylation is 1. The van der Waals surface area contributed by atoms with Crippen molar-refractivity contribution in [1.82, 2.24) is 0 Å². The number of rotatable bonds is 4. The lowest BCUT2D eigenvalue weighted by Gasteiger charge is -2.17. The Bertz CT molecular complexity index is 613. The fourth-order valence-corrected chi connectivity index (χ4v) is 2.02. The molecule has 2 N–H and O–H groups in total. The summed E-state index contributed by atoms with van der Waals surface area (Å²) in [6.07, 6.45) is 0. The fraction of sp³-hybridized carbons (Fsp3) is 0.250. The van der Waals surface area contributed by atoms with Crippen LogP contribution in [0.25, 0.3) is 0 Å². The summed E-state index contributed by atoms with van der Waals surface area (Å²) in [5.41, 5.74) is 2.24. The maximum Gasteiger partial charge on any atom is 0.160 e. The van der Waals surface area contributed by atoms with Gasteiger partial charge in [0.25, 0.3) is 0 Å². The molecule has 0 saturated heterocycles. The van der Waals surface area contributed by atoms with Gasteiger partial charge in [0.2, 0.25) is 0 Å². The summed E-state index contributed by atoms with van der Waals surface area (Å²) < 4.78 is 18.9. The second-order valence-electron chi connectivity index (χ2n) is 4.78. The number of aromatic hydroxyl groups is 1. The van der Waals surface area contributed by atoms with Gasteiger partial charge in [-0.1, -0.05) is 12.1 Å². The van der Waals surface area contributed by atoms with Gasteiger partial charge < -0.3 is 15.2 Å². The molecule has 0 bridgehead atoms. The van der Waals surface area contributed by atoms with Crippen molar-refractivity contribution in [1.29, 1.82) is 0 Å². The Morgan fingerprint density at radius 3 is 2.60 bits per heavy atom. The van der Waals surface area contributed by atoms with Crippen LogP contribution in [0.1, 0.15) is 24.1 Å². The SMILES string of the molecule is COc1cc(C(C)Nc2ccc(C)cc2F)ccc1O. The molecule has 1 unspecified atom stereocenters. The number of nitrogens with one attached hydrogen (secondary N) is 1. The molecule has 0 aliphatic rings. The molecule has 0 heterocycles. The molecule has 0 aliphatic carbocycles. The molecule has 3 nitrogen and oxygen atoms in total. The van der Waals surface area contributed by atoms with Crippen molar-refractivity contribution in [3.05, 3.63) is 53.3 Å². The first-order valence-corrected chi connectivity index (χ1v) is 6.41. The Hall–Kier alpha value is -2.23. The average molecular weight is 275 g/mol. The minimum atomic E-state index is -0.275. The van der Waals surface area contributed by atoms with Gasteiger partial charge in [-0.25, -0.2) is 4.39 Å². The highest BCUT2D eigenvalue weighted by Gasteiger charge is 2.11. The lowest BCUT2D eigenvalue weighted by molar-refractivity contribution is 0.373. The number of hydrogen-bond donors (Lipinski definition) is 2. The quantitative estimate of drug-likeness (QED) is 0.885. The number of phenols is 1. The molecule has 0 fully saturated rings. The fourth-order valence-electron chi connectivity index (χ4n) is 2.02. The van der Waals surface area contributed by atoms with E-state index < -0.39 is 0 Å². The van der Waals surface area contributed by atoms with E-state index in [1.54, 1.807) is 24.3 Å². The lowest BCUT2D eigenvalue weighted by atomic mass is 10.1. The minimum Gasteiger partial charge on any atom is -0.504 e. The first-order valence-electron chi connectivity index (χ1n) is 6.41. The van der Waals surface area contributed by atoms with E-state index in [1.807, 2.05) is 19.9 Å². The van der Waals surface area contributed by atoms with Crippen LogP contribution >= 0.6 is 0 Å². The van der Waals surface area contributed by atoms with E-state index in [1.165, 1.54) is 13.2 Å². The topological polar surface area (TPSA) is 41.5 Å². The van der Waals surface area contributed by atoms with Crippen molar-refractivity contribution in [3.63, 3.8) is 0 Å². The summed E-state index contributed by atoms with van der Waals surface area (Å²) in [6.45, 7) is 3.77. The molecule has 2 aromatic carbocycles. The van der Waals surface area contributed by atoms with Crippen molar-refractivity contribution in [3.8, 4) is 11.5 Å². The molecule has 0 aliphatic heterocycles. The van der Waals surface area contributed by atoms with E-state index in [0.29, 0.717) is 11.4 Å². The Kier molecular flexibility index (Phi) is 4.13. The number of anilines is 1. The molecule has 106 valence electrons. The zero-order valence-electron chi connectivity index (χ0n) is 11.8. The van der Waals surface area contributed by atoms with Crippen LogP contribution in [0.15, 0.2) is 36.4 Å². The van der Waals surface area contributed by atoms with Gasteiger partial charge in [-0.15, -0.1) is 0 Å². The normalized spacial score (nSPS) is 12.0. The minimum absolute atomic E-state index is 0.0879. The van der Waals surface area contributed by atoms with E-state index in [-0.39, 0.29) is 17.6 Å². The van der Waals surface area contributed by atoms with E-state index in [4.69, 9.17) is 4.74 Å². The highest BCUT2D eigenvalue weighted by Crippen LogP contribution is 2.30. The standard InChI is InChI=1S/C16H18FNO2/c1-10-4-6-14(13(17)8-10)18-11(2)12-5-7-15(19)16(9-12)20-3/h4-9,11,18-19H,1-3H3. The Labute approximate surface area is 118 Å². The average Bonchev–Trinajstić information content (AvgIpc) is 2.42. The molecule has 4 heteroatoms. The maximum absolute atomic E-state index is 13.8. The van der Waals surface area contributed by atoms with Crippen molar-refractivity contribution in [2.45, 2.75) is 19.9 Å². The first-order chi connectivity index (χ1) is 9.51. The Balaban J connectivity index is 2.21. The summed E-state index contributed by atoms with van der Waals surface area (Å²) in [6, 6.07) is 10.0. The smallest absolute Gasteiger partial charge is 0.160 e. The number of hydrogen-bond acceptors (Lipinski definition) is 3. The summed E-state index contributed by atoms with van der Waals surface area (Å²) >= 11 is 0. The van der Waals surface area contributed by atoms with Gasteiger partial charge in [0.15, 0.2) is 11.5 Å². The van der Waals surface area contributed by atoms with Gasteiger partial charge in [0, 0.05) is 6.04 Å². The van der Waals surface area contributed by atoms with Gasteiger partial charge in [0.05, 0.1) is 12.8 Å². The molecule has 1 atom stereocenters. The number of halogens is 1. The summed E-state index contributed by atoms with van der Waals surface area (Å²) in [4.78, 5) is 0. The van der Waals surface area contributed by atoms with E-state index >= 15 is 0 Å². The van der Waals surface area contributed by atoms with Crippen LogP contribution in [0.4, 0.5) is 10.1 Å². The monoisotopic (exact) mass is 275 g/mol. The third-order valence-corrected chi connectivity index (χ3v) is 3.20. The molecule has 2 rings (SSSR count). The van der Waals surface area contributed by atoms with E-state index in [9.17, 15) is 9.50 Å². The third-order valence-electron chi connectivity index (χ3n) is 3.20. The summed E-state index contributed by atoms with van der Waals surface area (Å²) in [5, 5.41) is 12.7. The van der Waals surface area contributed by atoms with Gasteiger partial charge in [-0.3, -0.25) is 0 Å². The molecule has 20 heavy (non-hydrogen) atoms. The number of ether oxygens (including phenoxy) is 1. The van der Waals surface area contributed by atoms with Gasteiger partial charge in [-0.05, 0) is 49.2 Å². The van der Waals surface area contributed by atoms with Gasteiger partial charge >= 0.3 is 0 Å². The van der Waals surface area contributed by atoms with Gasteiger partial charge in [0.1, 0.15) is 5.82 Å². The molecule has 2 aromatic rings. The molecule has 0 radical (unpaired) electrons. The summed E-state index contributed by atoms with van der Waals surface area (Å²) in [5.74, 6) is 0.216. The number of methoxy groups -OCH3 is 1. The van der Waals surface area contributed by atoms with Crippen LogP contribution in [-0.4, -0.2) is 12.2 Å². The second kappa shape index (κ2) is 5.82. The van der Waals surface area contributed by atoms with Crippen molar-refractivity contribution < 1.29 is 14.2 Å². The predicted octanol–water partition coefficient (Wildman–Crippen LogP) is 4.02. The predicted molar refractivity (Wildman–Crippen MR) is 77.8 cm³/mol. The maximum atomic E-state index is 13.8. The van der Waals surface area contributed by atoms with Crippen molar-refractivity contribution in [2.75, 3.05) is 12.4 Å². The number of benzene rings is 2. The van der Waals surface area contributed by atoms with E-state index in [2.05, 4.69) is 5.32 Å². The highest BCUT2D eigenvalue weighted by molar-refractivity contribution is 5.50. The summed E-state index contributed by atoms with van der Waals surface area (Å²) in [7, 11) is 1.50. The van der Waals surface area contributed by atoms with Crippen LogP contribution in [0, 0.1) is 12.7 Å². The van der Waals surface area contributed by atoms with Gasteiger partial charge in [-0.2, -0.15) is 0 Å². The van der Waals surface area contributed by atoms with Crippen LogP contribution in [-0.2, 0) is 0 Å². The largest absolute Gasteiger partial charge is 0.504 e. The van der Waals surface area contributed by atoms with E-state index in [0.717, 1.165) is 11.1 Å². The molecule has 0 saturated carbocycles. The Morgan fingerprint density at radius 2 is 1.95 bits per heavy atom. The third kappa shape index (κ3) is 3.02. The molecule has 0 spiro atoms. The van der Waals surface area contributed by atoms with Crippen molar-refractivity contribution in [2.24, 2.45) is 0 Å². The molecular formula is C16H18FNO2. The lowest BCUT2D eigenvalue weighted by Crippen LogP contribution is -2.08. The Morgan fingerprint density at radius 1 is 1.20 bits per heavy atom. The van der Waals surface area contributed by atoms with Crippen molar-refractivity contribution >= 4 is 5.69 Å². The zero-order chi connectivity index (χ0) is 14.7. The molecule has 0 amide bonds. The molecular weight excluding hydrogens is 257 g/mol. The zero-order valence-corrected chi connectivity index (χ0v) is 11.8. The highest BCUT2D eigenvalue weighted by atomic mass is 19.1.